The summed E-state index contributed by atoms with van der Waals surface area (Å²) in [7, 11) is -6.60. The molecule has 11 aromatic carbocycles. The Kier molecular flexibility index (Phi) is 9.95. The number of benzene rings is 11. The van der Waals surface area contributed by atoms with Gasteiger partial charge in [-0.15, -0.1) is 29.7 Å². The summed E-state index contributed by atoms with van der Waals surface area (Å²) in [5, 5.41) is -2.06. The van der Waals surface area contributed by atoms with Crippen molar-refractivity contribution in [3.05, 3.63) is 308 Å². The molecule has 0 radical (unpaired) electrons. The van der Waals surface area contributed by atoms with Gasteiger partial charge in [0.25, 0.3) is 6.33 Å². The van der Waals surface area contributed by atoms with E-state index in [0.29, 0.717) is 22.5 Å². The second kappa shape index (κ2) is 24.1. The van der Waals surface area contributed by atoms with Crippen molar-refractivity contribution in [1.29, 1.82) is 0 Å². The molecule has 0 saturated heterocycles. The summed E-state index contributed by atoms with van der Waals surface area (Å²) in [4.78, 5) is 4.85. The van der Waals surface area contributed by atoms with Gasteiger partial charge < -0.3 is 13.9 Å². The predicted octanol–water partition coefficient (Wildman–Crippen LogP) is 17.9. The van der Waals surface area contributed by atoms with Gasteiger partial charge in [0, 0.05) is 44.3 Å². The van der Waals surface area contributed by atoms with Crippen LogP contribution in [-0.2, 0) is 37.3 Å². The Hall–Kier alpha value is -9.45. The van der Waals surface area contributed by atoms with Gasteiger partial charge in [-0.1, -0.05) is 273 Å². The minimum absolute atomic E-state index is 0. The summed E-state index contributed by atoms with van der Waals surface area (Å²) in [5.41, 5.74) is 1.69. The molecule has 3 aromatic heterocycles. The second-order valence-corrected chi connectivity index (χ2v) is 28.6. The Balaban J connectivity index is 0.0000117. The molecule has 0 aliphatic heterocycles. The van der Waals surface area contributed by atoms with Crippen molar-refractivity contribution in [3.8, 4) is 62.1 Å². The number of imidazole rings is 1. The van der Waals surface area contributed by atoms with Crippen LogP contribution in [0.25, 0.3) is 83.4 Å². The van der Waals surface area contributed by atoms with Crippen molar-refractivity contribution in [3.63, 3.8) is 0 Å². The van der Waals surface area contributed by atoms with E-state index in [1.165, 1.54) is 9.13 Å². The van der Waals surface area contributed by atoms with Gasteiger partial charge in [-0.05, 0) is 128 Å². The molecule has 0 N–H and O–H groups in total. The van der Waals surface area contributed by atoms with Crippen LogP contribution < -0.4 is 30.1 Å². The predicted molar refractivity (Wildman–Crippen MR) is 376 cm³/mol. The Morgan fingerprint density at radius 2 is 1.02 bits per heavy atom. The Labute approximate surface area is 586 Å². The fourth-order valence-corrected chi connectivity index (χ4v) is 15.6. The van der Waals surface area contributed by atoms with Gasteiger partial charge in [0.1, 0.15) is 5.82 Å². The first kappa shape index (κ1) is 37.6. The van der Waals surface area contributed by atoms with Crippen LogP contribution in [0.1, 0.15) is 113 Å². The molecule has 7 heteroatoms. The van der Waals surface area contributed by atoms with Gasteiger partial charge >= 0.3 is 0 Å². The van der Waals surface area contributed by atoms with Gasteiger partial charge in [-0.2, -0.15) is 18.2 Å². The molecule has 14 rings (SSSR count). The number of aromatic nitrogens is 4. The summed E-state index contributed by atoms with van der Waals surface area (Å²) in [6, 6.07) is 14.2. The first-order chi connectivity index (χ1) is 53.9. The van der Waals surface area contributed by atoms with E-state index in [1.54, 1.807) is 48.7 Å². The molecule has 450 valence electrons. The molecular weight excluding hydrogens is 1300 g/mol. The number of pyridine rings is 1. The number of nitrogens with zero attached hydrogens (tertiary/aromatic N) is 4. The number of fused-ring (bicyclic) bond motifs is 4. The summed E-state index contributed by atoms with van der Waals surface area (Å²) < 4.78 is 252. The van der Waals surface area contributed by atoms with E-state index >= 15 is 0 Å². The second-order valence-electron chi connectivity index (χ2n) is 25.0. The van der Waals surface area contributed by atoms with E-state index < -0.39 is 219 Å². The zero-order valence-corrected chi connectivity index (χ0v) is 54.3. The van der Waals surface area contributed by atoms with Gasteiger partial charge in [-0.3, -0.25) is 4.57 Å². The first-order valence-corrected chi connectivity index (χ1v) is 31.2. The summed E-state index contributed by atoms with van der Waals surface area (Å²) in [6.07, 6.45) is 5.19. The van der Waals surface area contributed by atoms with E-state index in [0.717, 1.165) is 45.1 Å². The normalized spacial score (nSPS) is 16.0. The molecule has 0 unspecified atom stereocenters. The molecule has 14 aromatic rings. The SMILES string of the molecule is [2H]c1c([2H])c([2H])c(-c2cc(-c3c([2H])c([2H])c([2H])c([2H])c3[2H])c(-[n+]3[c-]n(-c4[c-]c(Oc5[c-]c6c(cc5)c5ccccc5n6-c5cc(C(C)(C)C)ccn5)ccc4)c4cc(-c5cc(C(C)(C)C)cc(C(C)(C)C)c5)ccc43)c([Si](c3c([2H])c([2H])c([2H])c([2H])c3[2H])(c3c([2H])c([2H])c([2H])c([2H])c3[2H])c3c([2H])c([2H])c([2H])c([2H])c3[2H])c2)c([2H])c1[2H].[Pt]. The average molecular weight is 1400 g/mol. The fourth-order valence-electron chi connectivity index (χ4n) is 11.6. The maximum atomic E-state index is 10.3. The molecule has 3 heterocycles. The maximum absolute atomic E-state index is 10.3. The minimum Gasteiger partial charge on any atom is -0.510 e. The van der Waals surface area contributed by atoms with Crippen LogP contribution >= 0.6 is 0 Å². The molecule has 0 aliphatic carbocycles. The molecule has 0 fully saturated rings. The molecule has 0 atom stereocenters. The van der Waals surface area contributed by atoms with Crippen LogP contribution in [0.15, 0.2) is 273 Å². The van der Waals surface area contributed by atoms with Crippen LogP contribution in [0.4, 0.5) is 0 Å². The van der Waals surface area contributed by atoms with E-state index in [9.17, 15) is 24.7 Å². The van der Waals surface area contributed by atoms with Gasteiger partial charge in [0.2, 0.25) is 0 Å². The molecule has 0 saturated carbocycles. The number of hydrogen-bond acceptors (Lipinski definition) is 2. The topological polar surface area (TPSA) is 35.9 Å². The van der Waals surface area contributed by atoms with Gasteiger partial charge in [0.05, 0.1) is 51.0 Å². The van der Waals surface area contributed by atoms with Crippen molar-refractivity contribution < 1.29 is 64.6 Å². The molecule has 91 heavy (non-hydrogen) atoms. The minimum atomic E-state index is -6.60. The molecule has 0 bridgehead atoms. The van der Waals surface area contributed by atoms with Crippen molar-refractivity contribution in [2.24, 2.45) is 0 Å². The zero-order chi connectivity index (χ0) is 83.7. The van der Waals surface area contributed by atoms with Crippen LogP contribution in [0.3, 0.4) is 0 Å². The van der Waals surface area contributed by atoms with E-state index in [2.05, 4.69) is 86.8 Å². The third-order valence-corrected chi connectivity index (χ3v) is 20.4. The number of rotatable bonds is 12. The van der Waals surface area contributed by atoms with E-state index in [-0.39, 0.29) is 54.7 Å². The Morgan fingerprint density at radius 1 is 0.462 bits per heavy atom. The molecule has 5 nitrogen and oxygen atoms in total. The van der Waals surface area contributed by atoms with Crippen LogP contribution in [0, 0.1) is 18.5 Å². The standard InChI is InChI=1S/C84H72N4OSi.Pt/c1-82(2,3)63-46-47-85-80(54-63)88-75-41-26-25-40-72(75)73-44-43-68(56-77(73)88)89-67-33-27-32-66(55-67)86-57-87(76-45-42-60(51-78(76)86)61-48-64(83(4,5)6)53-65(49-61)84(7,8)9)81-74(59-30-17-11-18-31-59)50-62(58-28-15-10-16-29-58)52-79(81)90(69-34-19-12-20-35-69,70-36-21-13-22-37-70)71-38-23-14-24-39-71;/h10-54H,1-9H3;/q-2;/i10D,11D,12D,13D,14D,15D,16D,17D,18D,19D,20D,21D,22D,23D,24D,28D,29D,30D,31D,34D,35D,36D,37D,38D,39D;. The summed E-state index contributed by atoms with van der Waals surface area (Å²) in [6.45, 7) is 18.8. The Morgan fingerprint density at radius 3 is 1.63 bits per heavy atom. The average Bonchev–Trinajstić information content (AvgIpc) is 1.23. The first-order valence-electron chi connectivity index (χ1n) is 41.7. The van der Waals surface area contributed by atoms with Crippen LogP contribution in [-0.4, -0.2) is 22.2 Å². The molecule has 0 aliphatic rings. The zero-order valence-electron chi connectivity index (χ0n) is 76.1. The summed E-state index contributed by atoms with van der Waals surface area (Å²) >= 11 is 0. The van der Waals surface area contributed by atoms with Crippen LogP contribution in [0.2, 0.25) is 0 Å². The summed E-state index contributed by atoms with van der Waals surface area (Å²) in [5.74, 6) is 0.942. The number of ether oxygens (including phenoxy) is 1. The molecule has 0 amide bonds. The number of hydrogen-bond donors (Lipinski definition) is 0. The monoisotopic (exact) mass is 1400 g/mol. The third-order valence-electron chi connectivity index (χ3n) is 16.2. The maximum Gasteiger partial charge on any atom is 0.268 e. The quantitative estimate of drug-likeness (QED) is 0.0529. The largest absolute Gasteiger partial charge is 0.510 e. The molecule has 0 spiro atoms. The van der Waals surface area contributed by atoms with Crippen molar-refractivity contribution in [2.75, 3.05) is 0 Å². The number of para-hydroxylation sites is 1. The van der Waals surface area contributed by atoms with E-state index in [4.69, 9.17) is 19.3 Å². The third kappa shape index (κ3) is 11.3. The van der Waals surface area contributed by atoms with Crippen molar-refractivity contribution in [2.45, 2.75) is 78.6 Å². The smallest absolute Gasteiger partial charge is 0.268 e. The van der Waals surface area contributed by atoms with Crippen molar-refractivity contribution in [1.82, 2.24) is 14.1 Å². The van der Waals surface area contributed by atoms with Crippen molar-refractivity contribution >= 4 is 61.7 Å². The van der Waals surface area contributed by atoms with Crippen LogP contribution in [0.5, 0.6) is 11.5 Å². The Bertz CT molecular complexity index is 6210. The molecular formula is C84H72N4OPtSi-2. The van der Waals surface area contributed by atoms with E-state index in [1.807, 2.05) is 59.2 Å². The fraction of sp³-hybridized carbons (Fsp3) is 0.143. The van der Waals surface area contributed by atoms with Gasteiger partial charge in [0.15, 0.2) is 8.07 Å². The van der Waals surface area contributed by atoms with Gasteiger partial charge in [-0.25, -0.2) is 4.98 Å².